The Morgan fingerprint density at radius 3 is 2.54 bits per heavy atom. The van der Waals surface area contributed by atoms with Gasteiger partial charge in [0.2, 0.25) is 0 Å². The number of benzene rings is 2. The zero-order chi connectivity index (χ0) is 17.5. The third-order valence-corrected chi connectivity index (χ3v) is 3.41. The highest BCUT2D eigenvalue weighted by atomic mass is 35.5. The van der Waals surface area contributed by atoms with Crippen molar-refractivity contribution in [2.45, 2.75) is 6.61 Å². The summed E-state index contributed by atoms with van der Waals surface area (Å²) in [4.78, 5) is 10.9. The van der Waals surface area contributed by atoms with E-state index < -0.39 is 5.97 Å². The van der Waals surface area contributed by atoms with E-state index in [1.54, 1.807) is 36.4 Å². The van der Waals surface area contributed by atoms with Crippen molar-refractivity contribution >= 4 is 23.6 Å². The first-order valence-electron chi connectivity index (χ1n) is 6.94. The Hall–Kier alpha value is -2.97. The van der Waals surface area contributed by atoms with E-state index in [1.807, 2.05) is 12.1 Å². The number of nitriles is 1. The molecular weight excluding hydrogens is 330 g/mol. The normalized spacial score (nSPS) is 10.8. The van der Waals surface area contributed by atoms with Crippen molar-refractivity contribution in [3.05, 3.63) is 64.2 Å². The number of carboxylic acid groups (broad SMARTS) is 1. The van der Waals surface area contributed by atoms with Gasteiger partial charge in [0.1, 0.15) is 18.2 Å². The van der Waals surface area contributed by atoms with Crippen LogP contribution in [0.3, 0.4) is 0 Å². The number of aliphatic carboxylic acids is 1. The summed E-state index contributed by atoms with van der Waals surface area (Å²) >= 11 is 5.84. The van der Waals surface area contributed by atoms with Crippen molar-refractivity contribution < 1.29 is 19.4 Å². The van der Waals surface area contributed by atoms with Crippen molar-refractivity contribution in [1.82, 2.24) is 0 Å². The third-order valence-electron chi connectivity index (χ3n) is 3.16. The molecular formula is C18H14ClNO4. The van der Waals surface area contributed by atoms with Crippen molar-refractivity contribution in [3.63, 3.8) is 0 Å². The summed E-state index contributed by atoms with van der Waals surface area (Å²) in [5, 5.41) is 18.4. The second-order valence-corrected chi connectivity index (χ2v) is 5.24. The van der Waals surface area contributed by atoms with E-state index in [0.717, 1.165) is 5.56 Å². The lowest BCUT2D eigenvalue weighted by Gasteiger charge is -2.11. The fourth-order valence-electron chi connectivity index (χ4n) is 1.95. The predicted octanol–water partition coefficient (Wildman–Crippen LogP) is 3.92. The summed E-state index contributed by atoms with van der Waals surface area (Å²) in [7, 11) is 1.51. The van der Waals surface area contributed by atoms with Crippen LogP contribution in [0.25, 0.3) is 6.08 Å². The molecule has 0 aliphatic rings. The first-order chi connectivity index (χ1) is 11.5. The van der Waals surface area contributed by atoms with Gasteiger partial charge in [0.15, 0.2) is 11.5 Å². The number of rotatable bonds is 6. The highest BCUT2D eigenvalue weighted by Crippen LogP contribution is 2.29. The molecule has 0 radical (unpaired) electrons. The smallest absolute Gasteiger partial charge is 0.346 e. The summed E-state index contributed by atoms with van der Waals surface area (Å²) in [6.07, 6.45) is 1.27. The summed E-state index contributed by atoms with van der Waals surface area (Å²) in [6.45, 7) is 0.296. The molecule has 0 spiro atoms. The van der Waals surface area contributed by atoms with Gasteiger partial charge < -0.3 is 14.6 Å². The van der Waals surface area contributed by atoms with E-state index >= 15 is 0 Å². The topological polar surface area (TPSA) is 79.5 Å². The number of methoxy groups -OCH3 is 1. The van der Waals surface area contributed by atoms with Crippen LogP contribution in [0, 0.1) is 11.3 Å². The molecule has 24 heavy (non-hydrogen) atoms. The Morgan fingerprint density at radius 2 is 1.96 bits per heavy atom. The lowest BCUT2D eigenvalue weighted by Crippen LogP contribution is -1.99. The van der Waals surface area contributed by atoms with Crippen LogP contribution in [0.15, 0.2) is 48.0 Å². The average molecular weight is 344 g/mol. The highest BCUT2D eigenvalue weighted by Gasteiger charge is 2.09. The average Bonchev–Trinajstić information content (AvgIpc) is 2.59. The highest BCUT2D eigenvalue weighted by molar-refractivity contribution is 6.30. The van der Waals surface area contributed by atoms with Gasteiger partial charge in [-0.3, -0.25) is 0 Å². The van der Waals surface area contributed by atoms with Crippen LogP contribution < -0.4 is 9.47 Å². The van der Waals surface area contributed by atoms with Gasteiger partial charge in [-0.05, 0) is 41.5 Å². The maximum atomic E-state index is 10.9. The predicted molar refractivity (Wildman–Crippen MR) is 90.0 cm³/mol. The number of carboxylic acids is 1. The van der Waals surface area contributed by atoms with Crippen LogP contribution >= 0.6 is 11.6 Å². The summed E-state index contributed by atoms with van der Waals surface area (Å²) in [5.41, 5.74) is 1.09. The fraction of sp³-hybridized carbons (Fsp3) is 0.111. The van der Waals surface area contributed by atoms with E-state index in [4.69, 9.17) is 31.4 Å². The maximum Gasteiger partial charge on any atom is 0.346 e. The molecule has 5 nitrogen and oxygen atoms in total. The molecule has 0 saturated heterocycles. The van der Waals surface area contributed by atoms with Crippen LogP contribution in [-0.4, -0.2) is 18.2 Å². The number of ether oxygens (including phenoxy) is 2. The number of carbonyl (C=O) groups is 1. The molecule has 0 fully saturated rings. The van der Waals surface area contributed by atoms with E-state index in [0.29, 0.717) is 28.7 Å². The van der Waals surface area contributed by atoms with Crippen molar-refractivity contribution in [1.29, 1.82) is 5.26 Å². The van der Waals surface area contributed by atoms with Crippen molar-refractivity contribution in [2.75, 3.05) is 7.11 Å². The van der Waals surface area contributed by atoms with E-state index in [1.165, 1.54) is 13.2 Å². The molecule has 0 aliphatic heterocycles. The van der Waals surface area contributed by atoms with E-state index in [9.17, 15) is 4.79 Å². The van der Waals surface area contributed by atoms with Gasteiger partial charge in [0, 0.05) is 5.02 Å². The van der Waals surface area contributed by atoms with E-state index in [-0.39, 0.29) is 5.57 Å². The molecule has 2 aromatic carbocycles. The fourth-order valence-corrected chi connectivity index (χ4v) is 2.07. The van der Waals surface area contributed by atoms with Gasteiger partial charge in [-0.25, -0.2) is 4.79 Å². The molecule has 2 aromatic rings. The first-order valence-corrected chi connectivity index (χ1v) is 7.31. The van der Waals surface area contributed by atoms with Crippen LogP contribution in [0.5, 0.6) is 11.5 Å². The Balaban J connectivity index is 2.24. The number of hydrogen-bond acceptors (Lipinski definition) is 4. The molecule has 6 heteroatoms. The van der Waals surface area contributed by atoms with Crippen LogP contribution in [0.4, 0.5) is 0 Å². The second kappa shape index (κ2) is 8.04. The minimum Gasteiger partial charge on any atom is -0.493 e. The van der Waals surface area contributed by atoms with Crippen LogP contribution in [0.2, 0.25) is 5.02 Å². The Bertz CT molecular complexity index is 807. The summed E-state index contributed by atoms with van der Waals surface area (Å²) < 4.78 is 11.0. The third kappa shape index (κ3) is 4.51. The number of nitrogens with zero attached hydrogens (tertiary/aromatic N) is 1. The van der Waals surface area contributed by atoms with Gasteiger partial charge in [-0.15, -0.1) is 0 Å². The molecule has 1 N–H and O–H groups in total. The van der Waals surface area contributed by atoms with Gasteiger partial charge in [-0.1, -0.05) is 29.8 Å². The zero-order valence-corrected chi connectivity index (χ0v) is 13.6. The molecule has 0 aliphatic carbocycles. The maximum absolute atomic E-state index is 10.9. The minimum absolute atomic E-state index is 0.296. The van der Waals surface area contributed by atoms with Crippen LogP contribution in [0.1, 0.15) is 11.1 Å². The van der Waals surface area contributed by atoms with E-state index in [2.05, 4.69) is 0 Å². The lowest BCUT2D eigenvalue weighted by atomic mass is 10.1. The molecule has 2 rings (SSSR count). The zero-order valence-electron chi connectivity index (χ0n) is 12.8. The molecule has 122 valence electrons. The van der Waals surface area contributed by atoms with Crippen LogP contribution in [-0.2, 0) is 11.4 Å². The second-order valence-electron chi connectivity index (χ2n) is 4.80. The standard InChI is InChI=1S/C18H14ClNO4/c1-23-16-7-4-13(8-14(10-20)18(21)22)9-17(16)24-11-12-2-5-15(19)6-3-12/h2-9H,11H2,1H3,(H,21,22). The molecule has 0 unspecified atom stereocenters. The van der Waals surface area contributed by atoms with Crippen molar-refractivity contribution in [2.24, 2.45) is 0 Å². The lowest BCUT2D eigenvalue weighted by molar-refractivity contribution is -0.132. The minimum atomic E-state index is -1.28. The molecule has 0 aromatic heterocycles. The largest absolute Gasteiger partial charge is 0.493 e. The Morgan fingerprint density at radius 1 is 1.25 bits per heavy atom. The monoisotopic (exact) mass is 343 g/mol. The first kappa shape index (κ1) is 17.4. The number of hydrogen-bond donors (Lipinski definition) is 1. The molecule has 0 atom stereocenters. The quantitative estimate of drug-likeness (QED) is 0.635. The van der Waals surface area contributed by atoms with Gasteiger partial charge in [0.05, 0.1) is 7.11 Å². The molecule has 0 heterocycles. The Labute approximate surface area is 144 Å². The Kier molecular flexibility index (Phi) is 5.83. The number of halogens is 1. The molecule has 0 bridgehead atoms. The van der Waals surface area contributed by atoms with Gasteiger partial charge in [-0.2, -0.15) is 5.26 Å². The summed E-state index contributed by atoms with van der Waals surface area (Å²) in [5.74, 6) is -0.323. The van der Waals surface area contributed by atoms with Gasteiger partial charge >= 0.3 is 5.97 Å². The van der Waals surface area contributed by atoms with Gasteiger partial charge in [0.25, 0.3) is 0 Å². The summed E-state index contributed by atoms with van der Waals surface area (Å²) in [6, 6.07) is 13.8. The SMILES string of the molecule is COc1ccc(C=C(C#N)C(=O)O)cc1OCc1ccc(Cl)cc1. The molecule has 0 amide bonds. The van der Waals surface area contributed by atoms with Crippen molar-refractivity contribution in [3.8, 4) is 17.6 Å². The molecule has 0 saturated carbocycles.